The van der Waals surface area contributed by atoms with Crippen LogP contribution in [0.15, 0.2) is 113 Å². The van der Waals surface area contributed by atoms with Gasteiger partial charge < -0.3 is 18.9 Å². The smallest absolute Gasteiger partial charge is 0.186 e. The second kappa shape index (κ2) is 15.4. The Morgan fingerprint density at radius 2 is 0.962 bits per heavy atom. The third kappa shape index (κ3) is 7.37. The number of carbonyl (C=O) groups is 2. The van der Waals surface area contributed by atoms with Gasteiger partial charge in [-0.25, -0.2) is 4.98 Å². The van der Waals surface area contributed by atoms with E-state index in [1.54, 1.807) is 70.2 Å². The minimum Gasteiger partial charge on any atom is -0.497 e. The van der Waals surface area contributed by atoms with E-state index in [1.807, 2.05) is 84.9 Å². The zero-order valence-corrected chi connectivity index (χ0v) is 31.9. The van der Waals surface area contributed by atoms with Crippen molar-refractivity contribution in [2.75, 3.05) is 28.4 Å². The molecule has 2 aliphatic rings. The van der Waals surface area contributed by atoms with E-state index < -0.39 is 11.8 Å². The summed E-state index contributed by atoms with van der Waals surface area (Å²) < 4.78 is 22.4. The molecule has 0 amide bonds. The van der Waals surface area contributed by atoms with Gasteiger partial charge in [0.1, 0.15) is 34.4 Å². The van der Waals surface area contributed by atoms with Crippen molar-refractivity contribution in [3.05, 3.63) is 136 Å². The maximum Gasteiger partial charge on any atom is 0.186 e. The number of ketones is 2. The van der Waals surface area contributed by atoms with Crippen molar-refractivity contribution < 1.29 is 28.5 Å². The number of rotatable bonds is 14. The van der Waals surface area contributed by atoms with Gasteiger partial charge in [0.15, 0.2) is 11.6 Å². The van der Waals surface area contributed by atoms with Crippen LogP contribution < -0.4 is 18.9 Å². The number of carbonyl (C=O) groups excluding carboxylic acids is 2. The van der Waals surface area contributed by atoms with Crippen molar-refractivity contribution in [1.82, 2.24) is 4.98 Å². The standard InChI is InChI=1S/C41H35Cl2NO6S2/c1-47-24-12-18-28(32(20-24)49-3)34-36(40(34)51-26-14-8-22(42)9-15-26)38(45)30-6-5-7-31(44-30)39(46)37-35(29-19-13-25(48-2)21-33(29)50-4)41(37)52-27-16-10-23(43)11-17-27/h5-21,34-37,40-41H,1-4H3. The monoisotopic (exact) mass is 771 g/mol. The number of aromatic nitrogens is 1. The van der Waals surface area contributed by atoms with Crippen LogP contribution in [0.25, 0.3) is 0 Å². The third-order valence-corrected chi connectivity index (χ3v) is 12.8. The molecule has 1 heterocycles. The molecular weight excluding hydrogens is 737 g/mol. The fourth-order valence-electron chi connectivity index (χ4n) is 6.80. The van der Waals surface area contributed by atoms with Crippen molar-refractivity contribution in [2.24, 2.45) is 11.8 Å². The Morgan fingerprint density at radius 3 is 1.33 bits per heavy atom. The quantitative estimate of drug-likeness (QED) is 0.102. The Morgan fingerprint density at radius 1 is 0.558 bits per heavy atom. The number of thioether (sulfide) groups is 2. The van der Waals surface area contributed by atoms with Gasteiger partial charge in [0.25, 0.3) is 0 Å². The van der Waals surface area contributed by atoms with Gasteiger partial charge in [-0.2, -0.15) is 0 Å². The Hall–Kier alpha value is -4.15. The van der Waals surface area contributed by atoms with Gasteiger partial charge in [0.05, 0.1) is 28.4 Å². The molecule has 2 saturated carbocycles. The molecule has 1 aromatic heterocycles. The summed E-state index contributed by atoms with van der Waals surface area (Å²) in [5, 5.41) is 1.10. The van der Waals surface area contributed by atoms with E-state index in [1.165, 1.54) is 0 Å². The van der Waals surface area contributed by atoms with Crippen molar-refractivity contribution in [2.45, 2.75) is 32.1 Å². The lowest BCUT2D eigenvalue weighted by molar-refractivity contribution is 0.0956. The van der Waals surface area contributed by atoms with Crippen molar-refractivity contribution in [3.63, 3.8) is 0 Å². The van der Waals surface area contributed by atoms with Gasteiger partial charge in [-0.1, -0.05) is 41.4 Å². The van der Waals surface area contributed by atoms with Gasteiger partial charge in [-0.3, -0.25) is 9.59 Å². The molecule has 0 N–H and O–H groups in total. The first-order valence-electron chi connectivity index (χ1n) is 16.6. The van der Waals surface area contributed by atoms with E-state index in [0.29, 0.717) is 33.0 Å². The fourth-order valence-corrected chi connectivity index (χ4v) is 9.89. The maximum absolute atomic E-state index is 14.4. The number of nitrogens with zero attached hydrogens (tertiary/aromatic N) is 1. The predicted molar refractivity (Wildman–Crippen MR) is 207 cm³/mol. The summed E-state index contributed by atoms with van der Waals surface area (Å²) in [6, 6.07) is 31.6. The largest absolute Gasteiger partial charge is 0.497 e. The second-order valence-corrected chi connectivity index (χ2v) is 15.9. The highest BCUT2D eigenvalue weighted by Gasteiger charge is 2.59. The molecule has 0 spiro atoms. The van der Waals surface area contributed by atoms with E-state index >= 15 is 0 Å². The zero-order valence-electron chi connectivity index (χ0n) is 28.7. The molecule has 6 unspecified atom stereocenters. The number of Topliss-reactive ketones (excluding diaryl/α,β-unsaturated/α-hetero) is 2. The number of ether oxygens (including phenoxy) is 4. The maximum atomic E-state index is 14.4. The van der Waals surface area contributed by atoms with Crippen LogP contribution in [0.4, 0.5) is 0 Å². The summed E-state index contributed by atoms with van der Waals surface area (Å²) in [5.74, 6) is 1.29. The summed E-state index contributed by atoms with van der Waals surface area (Å²) in [6.45, 7) is 0. The van der Waals surface area contributed by atoms with E-state index in [0.717, 1.165) is 20.9 Å². The number of pyridine rings is 1. The second-order valence-electron chi connectivity index (χ2n) is 12.5. The summed E-state index contributed by atoms with van der Waals surface area (Å²) in [4.78, 5) is 35.5. The van der Waals surface area contributed by atoms with Gasteiger partial charge in [0.2, 0.25) is 0 Å². The summed E-state index contributed by atoms with van der Waals surface area (Å²) >= 11 is 15.6. The van der Waals surface area contributed by atoms with E-state index in [4.69, 9.17) is 47.1 Å². The zero-order chi connectivity index (χ0) is 36.5. The fraction of sp³-hybridized carbons (Fsp3) is 0.244. The first-order chi connectivity index (χ1) is 25.2. The molecule has 11 heteroatoms. The molecule has 5 aromatic rings. The lowest BCUT2D eigenvalue weighted by atomic mass is 10.0. The number of hydrogen-bond acceptors (Lipinski definition) is 9. The number of halogens is 2. The van der Waals surface area contributed by atoms with E-state index in [-0.39, 0.29) is 45.3 Å². The van der Waals surface area contributed by atoms with Gasteiger partial charge in [-0.15, -0.1) is 23.5 Å². The first-order valence-corrected chi connectivity index (χ1v) is 19.1. The Bertz CT molecular complexity index is 1970. The number of benzene rings is 4. The third-order valence-electron chi connectivity index (χ3n) is 9.54. The van der Waals surface area contributed by atoms with Crippen molar-refractivity contribution in [1.29, 1.82) is 0 Å². The topological polar surface area (TPSA) is 84.0 Å². The number of methoxy groups -OCH3 is 4. The highest BCUT2D eigenvalue weighted by Crippen LogP contribution is 2.61. The van der Waals surface area contributed by atoms with Crippen LogP contribution in [-0.4, -0.2) is 55.5 Å². The molecule has 2 aliphatic carbocycles. The SMILES string of the molecule is COc1ccc(C2C(Sc3ccc(Cl)cc3)C2C(=O)c2cccc(C(=O)C3C(Sc4ccc(Cl)cc4)C3c3ccc(OC)cc3OC)n2)c(OC)c1. The van der Waals surface area contributed by atoms with Crippen LogP contribution in [-0.2, 0) is 0 Å². The van der Waals surface area contributed by atoms with Crippen molar-refractivity contribution >= 4 is 58.3 Å². The predicted octanol–water partition coefficient (Wildman–Crippen LogP) is 9.94. The lowest BCUT2D eigenvalue weighted by Gasteiger charge is -2.11. The van der Waals surface area contributed by atoms with Crippen LogP contribution in [0.1, 0.15) is 43.9 Å². The minimum absolute atomic E-state index is 0.0902. The van der Waals surface area contributed by atoms with Gasteiger partial charge >= 0.3 is 0 Å². The molecule has 0 aliphatic heterocycles. The molecule has 0 radical (unpaired) electrons. The molecule has 52 heavy (non-hydrogen) atoms. The Kier molecular flexibility index (Phi) is 10.8. The summed E-state index contributed by atoms with van der Waals surface area (Å²) in [5.41, 5.74) is 2.34. The Labute approximate surface area is 321 Å². The molecular formula is C41H35Cl2NO6S2. The minimum atomic E-state index is -0.397. The average molecular weight is 773 g/mol. The lowest BCUT2D eigenvalue weighted by Crippen LogP contribution is -2.13. The van der Waals surface area contributed by atoms with Crippen LogP contribution in [0.5, 0.6) is 23.0 Å². The van der Waals surface area contributed by atoms with Gasteiger partial charge in [0, 0.05) is 66.1 Å². The van der Waals surface area contributed by atoms with Crippen molar-refractivity contribution in [3.8, 4) is 23.0 Å². The molecule has 266 valence electrons. The normalized spacial score (nSPS) is 21.6. The molecule has 0 saturated heterocycles. The van der Waals surface area contributed by atoms with E-state index in [9.17, 15) is 9.59 Å². The Balaban J connectivity index is 1.18. The van der Waals surface area contributed by atoms with Crippen LogP contribution in [0, 0.1) is 11.8 Å². The molecule has 2 fully saturated rings. The van der Waals surface area contributed by atoms with Crippen LogP contribution in [0.3, 0.4) is 0 Å². The summed E-state index contributed by atoms with van der Waals surface area (Å²) in [7, 11) is 6.43. The van der Waals surface area contributed by atoms with Crippen LogP contribution >= 0.6 is 46.7 Å². The molecule has 4 aromatic carbocycles. The van der Waals surface area contributed by atoms with E-state index in [2.05, 4.69) is 0 Å². The molecule has 7 rings (SSSR count). The summed E-state index contributed by atoms with van der Waals surface area (Å²) in [6.07, 6.45) is 0. The molecule has 7 nitrogen and oxygen atoms in total. The molecule has 6 atom stereocenters. The molecule has 0 bridgehead atoms. The van der Waals surface area contributed by atoms with Crippen LogP contribution in [0.2, 0.25) is 10.0 Å². The first kappa shape index (κ1) is 36.2. The number of hydrogen-bond donors (Lipinski definition) is 0. The average Bonchev–Trinajstić information content (AvgIpc) is 4.09. The van der Waals surface area contributed by atoms with Gasteiger partial charge in [-0.05, 0) is 83.9 Å². The highest BCUT2D eigenvalue weighted by molar-refractivity contribution is 8.00. The highest BCUT2D eigenvalue weighted by atomic mass is 35.5.